The van der Waals surface area contributed by atoms with Gasteiger partial charge in [0.15, 0.2) is 0 Å². The van der Waals surface area contributed by atoms with Crippen molar-refractivity contribution in [2.45, 2.75) is 0 Å². The first-order valence-corrected chi connectivity index (χ1v) is 4.93. The standard InChI is InChI=1S/CH5NS3/c1-5(2)4-3/h2H2,1H3. The third-order valence-corrected chi connectivity index (χ3v) is 2.90. The van der Waals surface area contributed by atoms with E-state index < -0.39 is 0 Å². The van der Waals surface area contributed by atoms with Crippen LogP contribution in [0.2, 0.25) is 0 Å². The van der Waals surface area contributed by atoms with Crippen LogP contribution < -0.4 is 5.14 Å². The molecule has 1 unspecified atom stereocenters. The summed E-state index contributed by atoms with van der Waals surface area (Å²) in [6.07, 6.45) is 1.89. The van der Waals surface area contributed by atoms with Crippen molar-refractivity contribution in [2.75, 3.05) is 6.26 Å². The van der Waals surface area contributed by atoms with Crippen molar-refractivity contribution in [3.63, 3.8) is 0 Å². The Hall–Kier alpha value is 0.750. The van der Waals surface area contributed by atoms with Crippen LogP contribution in [0.25, 0.3) is 0 Å². The summed E-state index contributed by atoms with van der Waals surface area (Å²) in [5.74, 6) is 0. The van der Waals surface area contributed by atoms with Crippen molar-refractivity contribution in [3.8, 4) is 0 Å². The van der Waals surface area contributed by atoms with E-state index in [4.69, 9.17) is 5.14 Å². The van der Waals surface area contributed by atoms with Crippen molar-refractivity contribution in [2.24, 2.45) is 5.14 Å². The van der Waals surface area contributed by atoms with Crippen LogP contribution in [-0.4, -0.2) is 6.26 Å². The van der Waals surface area contributed by atoms with E-state index in [0.717, 1.165) is 0 Å². The third-order valence-electron chi connectivity index (χ3n) is 0.107. The van der Waals surface area contributed by atoms with Crippen LogP contribution in [0.15, 0.2) is 0 Å². The fraction of sp³-hybridized carbons (Fsp3) is 1.00. The maximum atomic E-state index is 5.18. The van der Waals surface area contributed by atoms with Crippen molar-refractivity contribution in [1.82, 2.24) is 0 Å². The van der Waals surface area contributed by atoms with Gasteiger partial charge in [0.2, 0.25) is 0 Å². The minimum Gasteiger partial charge on any atom is -0.275 e. The molecule has 0 saturated heterocycles. The van der Waals surface area contributed by atoms with Crippen molar-refractivity contribution < 1.29 is 0 Å². The molecule has 0 fully saturated rings. The van der Waals surface area contributed by atoms with E-state index in [1.54, 1.807) is 0 Å². The Balaban J connectivity index is 3.60. The molecule has 0 heterocycles. The van der Waals surface area contributed by atoms with Gasteiger partial charge in [0.1, 0.15) is 0 Å². The summed E-state index contributed by atoms with van der Waals surface area (Å²) < 4.78 is 0. The smallest absolute Gasteiger partial charge is 0.000235 e. The highest BCUT2D eigenvalue weighted by Gasteiger charge is 1.54. The van der Waals surface area contributed by atoms with Crippen LogP contribution in [0, 0.1) is 0 Å². The zero-order valence-electron chi connectivity index (χ0n) is 2.80. The molecule has 0 aliphatic heterocycles. The highest BCUT2D eigenvalue weighted by Crippen LogP contribution is 1.46. The van der Waals surface area contributed by atoms with Gasteiger partial charge < -0.3 is 0 Å². The van der Waals surface area contributed by atoms with Crippen molar-refractivity contribution in [3.05, 3.63) is 0 Å². The Bertz CT molecular complexity index is 67.0. The number of nitrogens with two attached hydrogens (primary N) is 1. The first kappa shape index (κ1) is 5.75. The van der Waals surface area contributed by atoms with E-state index >= 15 is 0 Å². The molecular weight excluding hydrogens is 122 g/mol. The molecule has 0 rings (SSSR count). The molecule has 1 atom stereocenters. The summed E-state index contributed by atoms with van der Waals surface area (Å²) in [7, 11) is 1.18. The van der Waals surface area contributed by atoms with Crippen molar-refractivity contribution >= 4 is 29.7 Å². The lowest BCUT2D eigenvalue weighted by Crippen LogP contribution is -1.95. The molecule has 32 valence electrons. The third kappa shape index (κ3) is 4.75. The van der Waals surface area contributed by atoms with E-state index in [9.17, 15) is 0 Å². The minimum atomic E-state index is -0.0910. The lowest BCUT2D eigenvalue weighted by molar-refractivity contribution is 2.01. The fourth-order valence-electron chi connectivity index (χ4n) is 0. The molecule has 0 aromatic carbocycles. The molecule has 5 heavy (non-hydrogen) atoms. The van der Waals surface area contributed by atoms with Crippen LogP contribution in [0.1, 0.15) is 0 Å². The van der Waals surface area contributed by atoms with Gasteiger partial charge in [-0.3, -0.25) is 5.14 Å². The molecule has 0 aliphatic rings. The average molecular weight is 127 g/mol. The maximum Gasteiger partial charge on any atom is -0.000235 e. The van der Waals surface area contributed by atoms with E-state index in [1.165, 1.54) is 8.88 Å². The van der Waals surface area contributed by atoms with E-state index in [0.29, 0.717) is 0 Å². The van der Waals surface area contributed by atoms with Gasteiger partial charge in [-0.25, -0.2) is 0 Å². The monoisotopic (exact) mass is 127 g/mol. The molecule has 0 saturated carbocycles. The highest BCUT2D eigenvalue weighted by atomic mass is 33.1. The van der Waals surface area contributed by atoms with E-state index in [1.807, 2.05) is 6.26 Å². The Morgan fingerprint density at radius 1 is 2.00 bits per heavy atom. The second kappa shape index (κ2) is 2.96. The number of rotatable bonds is 0. The molecule has 1 nitrogen and oxygen atoms in total. The van der Waals surface area contributed by atoms with Gasteiger partial charge in [0.25, 0.3) is 0 Å². The first-order valence-electron chi connectivity index (χ1n) is 0.977. The first-order chi connectivity index (χ1) is 2.27. The molecule has 0 aromatic rings. The largest absolute Gasteiger partial charge is 0.275 e. The van der Waals surface area contributed by atoms with Gasteiger partial charge in [-0.2, -0.15) is 0 Å². The molecule has 0 radical (unpaired) electrons. The summed E-state index contributed by atoms with van der Waals surface area (Å²) in [6, 6.07) is 0. The summed E-state index contributed by atoms with van der Waals surface area (Å²) >= 11 is 4.48. The second-order valence-electron chi connectivity index (χ2n) is 0.567. The lowest BCUT2D eigenvalue weighted by atomic mass is 12.0. The number of hydrogen-bond acceptors (Lipinski definition) is 1. The quantitative estimate of drug-likeness (QED) is 0.478. The van der Waals surface area contributed by atoms with Crippen LogP contribution >= 0.6 is 0 Å². The Kier molecular flexibility index (Phi) is 3.40. The van der Waals surface area contributed by atoms with E-state index in [-0.39, 0.29) is 9.64 Å². The predicted octanol–water partition coefficient (Wildman–Crippen LogP) is -0.432. The van der Waals surface area contributed by atoms with Crippen LogP contribution in [0.4, 0.5) is 0 Å². The molecule has 0 bridgehead atoms. The second-order valence-corrected chi connectivity index (χ2v) is 4.91. The van der Waals surface area contributed by atoms with Crippen molar-refractivity contribution in [1.29, 1.82) is 0 Å². The van der Waals surface area contributed by atoms with Gasteiger partial charge in [0, 0.05) is 0 Å². The highest BCUT2D eigenvalue weighted by molar-refractivity contribution is 8.47. The summed E-state index contributed by atoms with van der Waals surface area (Å²) in [4.78, 5) is 0. The Labute approximate surface area is 41.5 Å². The Morgan fingerprint density at radius 2 is 2.20 bits per heavy atom. The van der Waals surface area contributed by atoms with Gasteiger partial charge in [-0.1, -0.05) is 9.64 Å². The molecule has 0 amide bonds. The average Bonchev–Trinajstić information content (AvgIpc) is 1.38. The molecule has 0 aromatic heterocycles. The molecule has 0 aliphatic carbocycles. The van der Waals surface area contributed by atoms with E-state index in [2.05, 4.69) is 11.2 Å². The predicted molar refractivity (Wildman–Crippen MR) is 32.2 cm³/mol. The van der Waals surface area contributed by atoms with Gasteiger partial charge >= 0.3 is 0 Å². The summed E-state index contributed by atoms with van der Waals surface area (Å²) in [5.41, 5.74) is 0. The van der Waals surface area contributed by atoms with Crippen LogP contribution in [-0.2, 0) is 29.7 Å². The zero-order valence-corrected chi connectivity index (χ0v) is 5.25. The van der Waals surface area contributed by atoms with Crippen LogP contribution in [0.3, 0.4) is 0 Å². The van der Waals surface area contributed by atoms with Gasteiger partial charge in [0.05, 0.1) is 0 Å². The molecule has 0 spiro atoms. The molecule has 2 N–H and O–H groups in total. The van der Waals surface area contributed by atoms with Crippen LogP contribution in [0.5, 0.6) is 0 Å². The van der Waals surface area contributed by atoms with Gasteiger partial charge in [-0.15, -0.1) is 0 Å². The number of hydrogen-bond donors (Lipinski definition) is 1. The summed E-state index contributed by atoms with van der Waals surface area (Å²) in [5, 5.41) is 5.18. The zero-order chi connectivity index (χ0) is 4.28. The lowest BCUT2D eigenvalue weighted by Gasteiger charge is -1.71. The molecular formula is CH5NS3. The Morgan fingerprint density at radius 3 is 2.20 bits per heavy atom. The van der Waals surface area contributed by atoms with Gasteiger partial charge in [-0.05, 0) is 26.3 Å². The topological polar surface area (TPSA) is 26.0 Å². The fourth-order valence-corrected chi connectivity index (χ4v) is 0. The maximum absolute atomic E-state index is 5.18. The SMILES string of the molecule is CS(N)=S=S. The normalized spacial score (nSPS) is 14.0. The minimum absolute atomic E-state index is 0.0910. The summed E-state index contributed by atoms with van der Waals surface area (Å²) in [6.45, 7) is 0. The molecule has 4 heteroatoms.